The van der Waals surface area contributed by atoms with E-state index in [1.54, 1.807) is 0 Å². The van der Waals surface area contributed by atoms with Gasteiger partial charge < -0.3 is 14.2 Å². The van der Waals surface area contributed by atoms with Gasteiger partial charge in [0, 0.05) is 19.3 Å². The van der Waals surface area contributed by atoms with Crippen molar-refractivity contribution >= 4 is 17.9 Å². The van der Waals surface area contributed by atoms with Crippen molar-refractivity contribution in [3.05, 3.63) is 48.6 Å². The second kappa shape index (κ2) is 68.9. The standard InChI is InChI=1S/C74H136O6/c1-4-7-10-13-16-19-22-25-27-29-31-33-34-35-36-37-38-39-40-41-43-44-46-49-52-55-58-61-64-67-73(76)79-70-71(69-78-72(75)66-63-60-57-54-51-48-24-21-18-15-12-9-6-3)80-74(77)68-65-62-59-56-53-50-47-45-42-32-30-28-26-23-20-17-14-11-8-5-2/h12,15,21-22,24-25,29,31,71H,4-11,13-14,16-20,23,26-28,30,32-70H2,1-3H3/b15-12-,24-21-,25-22-,31-29-. The Morgan fingerprint density at radius 3 is 0.738 bits per heavy atom. The Morgan fingerprint density at radius 2 is 0.475 bits per heavy atom. The van der Waals surface area contributed by atoms with Gasteiger partial charge in [-0.2, -0.15) is 0 Å². The van der Waals surface area contributed by atoms with Gasteiger partial charge in [0.1, 0.15) is 13.2 Å². The van der Waals surface area contributed by atoms with Crippen molar-refractivity contribution in [2.45, 2.75) is 393 Å². The lowest BCUT2D eigenvalue weighted by molar-refractivity contribution is -0.167. The van der Waals surface area contributed by atoms with E-state index in [1.165, 1.54) is 257 Å². The molecule has 0 heterocycles. The summed E-state index contributed by atoms with van der Waals surface area (Å²) in [5.74, 6) is -0.860. The Bertz CT molecular complexity index is 1380. The molecule has 0 bridgehead atoms. The van der Waals surface area contributed by atoms with Gasteiger partial charge in [-0.25, -0.2) is 0 Å². The molecule has 0 aliphatic heterocycles. The molecular formula is C74H136O6. The van der Waals surface area contributed by atoms with E-state index in [-0.39, 0.29) is 31.1 Å². The summed E-state index contributed by atoms with van der Waals surface area (Å²) in [6.07, 6.45) is 87.2. The van der Waals surface area contributed by atoms with Crippen LogP contribution in [0.25, 0.3) is 0 Å². The van der Waals surface area contributed by atoms with Crippen molar-refractivity contribution in [3.63, 3.8) is 0 Å². The summed E-state index contributed by atoms with van der Waals surface area (Å²) >= 11 is 0. The highest BCUT2D eigenvalue weighted by Gasteiger charge is 2.19. The lowest BCUT2D eigenvalue weighted by atomic mass is 10.0. The molecule has 0 aromatic rings. The molecule has 0 spiro atoms. The number of hydrogen-bond donors (Lipinski definition) is 0. The molecule has 0 N–H and O–H groups in total. The average Bonchev–Trinajstić information content (AvgIpc) is 3.46. The Hall–Kier alpha value is -2.63. The quantitative estimate of drug-likeness (QED) is 0.0261. The summed E-state index contributed by atoms with van der Waals surface area (Å²) in [6.45, 7) is 6.62. The van der Waals surface area contributed by atoms with Gasteiger partial charge in [0.2, 0.25) is 0 Å². The third kappa shape index (κ3) is 66.2. The second-order valence-corrected chi connectivity index (χ2v) is 24.1. The molecule has 0 aromatic heterocycles. The zero-order valence-corrected chi connectivity index (χ0v) is 53.9. The maximum atomic E-state index is 12.9. The summed E-state index contributed by atoms with van der Waals surface area (Å²) in [6, 6.07) is 0. The highest BCUT2D eigenvalue weighted by atomic mass is 16.6. The minimum absolute atomic E-state index is 0.0725. The monoisotopic (exact) mass is 1120 g/mol. The van der Waals surface area contributed by atoms with Crippen LogP contribution in [0.15, 0.2) is 48.6 Å². The third-order valence-corrected chi connectivity index (χ3v) is 16.0. The molecule has 0 amide bonds. The first-order chi connectivity index (χ1) is 39.5. The third-order valence-electron chi connectivity index (χ3n) is 16.0. The summed E-state index contributed by atoms with van der Waals surface area (Å²) in [7, 11) is 0. The molecule has 0 radical (unpaired) electrons. The van der Waals surface area contributed by atoms with Crippen molar-refractivity contribution in [1.82, 2.24) is 0 Å². The zero-order valence-electron chi connectivity index (χ0n) is 53.9. The zero-order chi connectivity index (χ0) is 57.8. The van der Waals surface area contributed by atoms with Gasteiger partial charge in [0.15, 0.2) is 6.10 Å². The van der Waals surface area contributed by atoms with Crippen molar-refractivity contribution in [2.24, 2.45) is 0 Å². The Labute approximate surface area is 498 Å². The van der Waals surface area contributed by atoms with Crippen LogP contribution in [0.3, 0.4) is 0 Å². The predicted molar refractivity (Wildman–Crippen MR) is 349 cm³/mol. The highest BCUT2D eigenvalue weighted by Crippen LogP contribution is 2.18. The van der Waals surface area contributed by atoms with Gasteiger partial charge in [-0.3, -0.25) is 14.4 Å². The van der Waals surface area contributed by atoms with E-state index in [1.807, 2.05) is 0 Å². The predicted octanol–water partition coefficient (Wildman–Crippen LogP) is 24.5. The highest BCUT2D eigenvalue weighted by molar-refractivity contribution is 5.71. The Balaban J connectivity index is 4.19. The first kappa shape index (κ1) is 77.4. The summed E-state index contributed by atoms with van der Waals surface area (Å²) < 4.78 is 17.0. The van der Waals surface area contributed by atoms with E-state index in [0.29, 0.717) is 19.3 Å². The molecule has 0 aliphatic rings. The van der Waals surface area contributed by atoms with Crippen LogP contribution in [0.4, 0.5) is 0 Å². The Kier molecular flexibility index (Phi) is 66.6. The lowest BCUT2D eigenvalue weighted by Gasteiger charge is -2.18. The number of ether oxygens (including phenoxy) is 3. The van der Waals surface area contributed by atoms with E-state index in [4.69, 9.17) is 14.2 Å². The van der Waals surface area contributed by atoms with Gasteiger partial charge >= 0.3 is 17.9 Å². The minimum atomic E-state index is -0.777. The topological polar surface area (TPSA) is 78.9 Å². The number of allylic oxidation sites excluding steroid dienone is 8. The lowest BCUT2D eigenvalue weighted by Crippen LogP contribution is -2.30. The van der Waals surface area contributed by atoms with Gasteiger partial charge in [0.25, 0.3) is 0 Å². The number of carbonyl (C=O) groups is 3. The fraction of sp³-hybridized carbons (Fsp3) is 0.851. The van der Waals surface area contributed by atoms with E-state index in [9.17, 15) is 14.4 Å². The molecule has 0 fully saturated rings. The largest absolute Gasteiger partial charge is 0.462 e. The summed E-state index contributed by atoms with van der Waals surface area (Å²) in [4.78, 5) is 38.4. The van der Waals surface area contributed by atoms with Gasteiger partial charge in [-0.05, 0) is 77.0 Å². The molecule has 1 atom stereocenters. The number of rotatable bonds is 66. The van der Waals surface area contributed by atoms with E-state index < -0.39 is 6.10 Å². The van der Waals surface area contributed by atoms with Crippen molar-refractivity contribution in [3.8, 4) is 0 Å². The van der Waals surface area contributed by atoms with Crippen LogP contribution in [0.5, 0.6) is 0 Å². The SMILES string of the molecule is CCC/C=C\C/C=C\CCCCCCCC(=O)OCC(COC(=O)CCCCCCCCCCCCCCCCCCC/C=C\C/C=C\CCCCCCC)OC(=O)CCCCCCCCCCCCCCCCCCCCCC. The van der Waals surface area contributed by atoms with Crippen LogP contribution >= 0.6 is 0 Å². The van der Waals surface area contributed by atoms with E-state index in [0.717, 1.165) is 89.9 Å². The minimum Gasteiger partial charge on any atom is -0.462 e. The van der Waals surface area contributed by atoms with E-state index >= 15 is 0 Å². The van der Waals surface area contributed by atoms with Crippen LogP contribution in [0.1, 0.15) is 387 Å². The molecule has 0 saturated heterocycles. The van der Waals surface area contributed by atoms with Crippen LogP contribution in [0.2, 0.25) is 0 Å². The number of esters is 3. The number of carbonyl (C=O) groups excluding carboxylic acids is 3. The molecule has 0 rings (SSSR count). The molecule has 468 valence electrons. The smallest absolute Gasteiger partial charge is 0.306 e. The molecule has 0 aliphatic carbocycles. The van der Waals surface area contributed by atoms with Crippen molar-refractivity contribution in [2.75, 3.05) is 13.2 Å². The second-order valence-electron chi connectivity index (χ2n) is 24.1. The van der Waals surface area contributed by atoms with E-state index in [2.05, 4.69) is 69.4 Å². The number of unbranched alkanes of at least 4 members (excludes halogenated alkanes) is 47. The van der Waals surface area contributed by atoms with Crippen molar-refractivity contribution in [1.29, 1.82) is 0 Å². The van der Waals surface area contributed by atoms with Crippen LogP contribution in [-0.2, 0) is 28.6 Å². The van der Waals surface area contributed by atoms with Gasteiger partial charge in [0.05, 0.1) is 0 Å². The molecular weight excluding hydrogens is 985 g/mol. The fourth-order valence-electron chi connectivity index (χ4n) is 10.7. The van der Waals surface area contributed by atoms with Crippen LogP contribution in [0, 0.1) is 0 Å². The molecule has 1 unspecified atom stereocenters. The molecule has 80 heavy (non-hydrogen) atoms. The molecule has 6 heteroatoms. The normalized spacial score (nSPS) is 12.3. The summed E-state index contributed by atoms with van der Waals surface area (Å²) in [5.41, 5.74) is 0. The van der Waals surface area contributed by atoms with Crippen LogP contribution < -0.4 is 0 Å². The number of hydrogen-bond acceptors (Lipinski definition) is 6. The maximum absolute atomic E-state index is 12.9. The summed E-state index contributed by atoms with van der Waals surface area (Å²) in [5, 5.41) is 0. The fourth-order valence-corrected chi connectivity index (χ4v) is 10.7. The molecule has 6 nitrogen and oxygen atoms in total. The van der Waals surface area contributed by atoms with Gasteiger partial charge in [-0.1, -0.05) is 339 Å². The first-order valence-electron chi connectivity index (χ1n) is 35.6. The Morgan fingerprint density at radius 1 is 0.250 bits per heavy atom. The average molecular weight is 1120 g/mol. The van der Waals surface area contributed by atoms with Crippen molar-refractivity contribution < 1.29 is 28.6 Å². The maximum Gasteiger partial charge on any atom is 0.306 e. The molecule has 0 saturated carbocycles. The first-order valence-corrected chi connectivity index (χ1v) is 35.6. The molecule has 0 aromatic carbocycles. The van der Waals surface area contributed by atoms with Crippen LogP contribution in [-0.4, -0.2) is 37.2 Å². The van der Waals surface area contributed by atoms with Gasteiger partial charge in [-0.15, -0.1) is 0 Å².